The van der Waals surface area contributed by atoms with Crippen molar-refractivity contribution < 1.29 is 13.0 Å². The molecule has 0 unspecified atom stereocenters. The second kappa shape index (κ2) is 6.68. The molecule has 0 saturated heterocycles. The van der Waals surface area contributed by atoms with Crippen LogP contribution in [0.25, 0.3) is 6.08 Å². The lowest BCUT2D eigenvalue weighted by molar-refractivity contribution is 0.483. The molecule has 1 aromatic heterocycles. The van der Waals surface area contributed by atoms with Crippen molar-refractivity contribution in [1.29, 1.82) is 0 Å². The minimum absolute atomic E-state index is 0.0741. The Hall–Kier alpha value is -1.98. The third kappa shape index (κ3) is 4.90. The number of pyridine rings is 1. The summed E-state index contributed by atoms with van der Waals surface area (Å²) in [5.74, 6) is 0. The normalized spacial score (nSPS) is 10.1. The van der Waals surface area contributed by atoms with Crippen LogP contribution in [0.3, 0.4) is 0 Å². The molecule has 5 heteroatoms. The first-order valence-corrected chi connectivity index (χ1v) is 6.53. The van der Waals surface area contributed by atoms with Crippen LogP contribution in [-0.4, -0.2) is 18.0 Å². The molecule has 0 bridgehead atoms. The van der Waals surface area contributed by atoms with E-state index in [9.17, 15) is 8.42 Å². The van der Waals surface area contributed by atoms with E-state index in [1.807, 2.05) is 12.1 Å². The van der Waals surface area contributed by atoms with Gasteiger partial charge in [-0.05, 0) is 29.8 Å². The molecule has 0 spiro atoms. The highest BCUT2D eigenvalue weighted by Crippen LogP contribution is 2.05. The maximum atomic E-state index is 10.4. The number of rotatable bonds is 2. The van der Waals surface area contributed by atoms with Crippen molar-refractivity contribution >= 4 is 16.2 Å². The standard InChI is InChI=1S/C7H7N.C6H6O3S/c1-2-7-3-5-8-6-4-7;7-10(8,9)6-4-2-1-3-5-6/h2-6H,1H2;1-5H,(H,7,8,9). The third-order valence-electron chi connectivity index (χ3n) is 1.98. The molecule has 0 amide bonds. The zero-order chi connectivity index (χ0) is 13.4. The highest BCUT2D eigenvalue weighted by atomic mass is 32.2. The summed E-state index contributed by atoms with van der Waals surface area (Å²) in [6.45, 7) is 3.60. The average molecular weight is 263 g/mol. The fourth-order valence-corrected chi connectivity index (χ4v) is 1.59. The van der Waals surface area contributed by atoms with E-state index in [-0.39, 0.29) is 4.90 Å². The van der Waals surface area contributed by atoms with E-state index in [4.69, 9.17) is 4.55 Å². The Morgan fingerprint density at radius 1 is 1.06 bits per heavy atom. The number of hydrogen-bond acceptors (Lipinski definition) is 3. The second-order valence-electron chi connectivity index (χ2n) is 3.27. The van der Waals surface area contributed by atoms with Crippen LogP contribution in [-0.2, 0) is 10.1 Å². The first kappa shape index (κ1) is 14.1. The van der Waals surface area contributed by atoms with Crippen LogP contribution in [0.1, 0.15) is 5.56 Å². The van der Waals surface area contributed by atoms with Gasteiger partial charge in [-0.1, -0.05) is 30.9 Å². The third-order valence-corrected chi connectivity index (χ3v) is 2.85. The molecule has 0 aliphatic heterocycles. The zero-order valence-corrected chi connectivity index (χ0v) is 10.4. The van der Waals surface area contributed by atoms with Crippen molar-refractivity contribution in [1.82, 2.24) is 4.98 Å². The van der Waals surface area contributed by atoms with Gasteiger partial charge in [0.05, 0.1) is 4.90 Å². The molecular formula is C13H13NO3S. The number of aromatic nitrogens is 1. The first-order valence-electron chi connectivity index (χ1n) is 5.09. The Morgan fingerprint density at radius 2 is 1.61 bits per heavy atom. The van der Waals surface area contributed by atoms with Crippen molar-refractivity contribution in [2.45, 2.75) is 4.90 Å². The van der Waals surface area contributed by atoms with Crippen LogP contribution in [0.15, 0.2) is 66.3 Å². The fraction of sp³-hybridized carbons (Fsp3) is 0. The predicted molar refractivity (Wildman–Crippen MR) is 70.6 cm³/mol. The van der Waals surface area contributed by atoms with E-state index in [1.165, 1.54) is 12.1 Å². The van der Waals surface area contributed by atoms with Crippen LogP contribution in [0.5, 0.6) is 0 Å². The minimum Gasteiger partial charge on any atom is -0.282 e. The molecule has 0 atom stereocenters. The van der Waals surface area contributed by atoms with Gasteiger partial charge in [-0.2, -0.15) is 8.42 Å². The van der Waals surface area contributed by atoms with E-state index in [0.717, 1.165) is 5.56 Å². The highest BCUT2D eigenvalue weighted by Gasteiger charge is 2.05. The summed E-state index contributed by atoms with van der Waals surface area (Å²) in [7, 11) is -4.00. The molecule has 0 aliphatic rings. The first-order chi connectivity index (χ1) is 8.54. The molecule has 0 fully saturated rings. The summed E-state index contributed by atoms with van der Waals surface area (Å²) in [4.78, 5) is 3.77. The monoisotopic (exact) mass is 263 g/mol. The van der Waals surface area contributed by atoms with Gasteiger partial charge in [-0.3, -0.25) is 9.54 Å². The van der Waals surface area contributed by atoms with Gasteiger partial charge < -0.3 is 0 Å². The van der Waals surface area contributed by atoms with Crippen molar-refractivity contribution in [2.24, 2.45) is 0 Å². The van der Waals surface area contributed by atoms with Gasteiger partial charge in [0.1, 0.15) is 0 Å². The Labute approximate surface area is 106 Å². The molecule has 0 saturated carbocycles. The molecule has 1 heterocycles. The highest BCUT2D eigenvalue weighted by molar-refractivity contribution is 7.85. The van der Waals surface area contributed by atoms with Crippen LogP contribution in [0.2, 0.25) is 0 Å². The quantitative estimate of drug-likeness (QED) is 0.846. The SMILES string of the molecule is C=Cc1ccncc1.O=S(=O)(O)c1ccccc1. The van der Waals surface area contributed by atoms with Crippen molar-refractivity contribution in [3.05, 3.63) is 67.0 Å². The number of hydrogen-bond donors (Lipinski definition) is 1. The average Bonchev–Trinajstić information content (AvgIpc) is 2.40. The molecule has 2 aromatic rings. The van der Waals surface area contributed by atoms with Gasteiger partial charge in [-0.15, -0.1) is 0 Å². The van der Waals surface area contributed by atoms with Crippen molar-refractivity contribution in [2.75, 3.05) is 0 Å². The fourth-order valence-electron chi connectivity index (χ4n) is 1.09. The summed E-state index contributed by atoms with van der Waals surface area (Å²) in [6.07, 6.45) is 5.29. The molecule has 0 aliphatic carbocycles. The van der Waals surface area contributed by atoms with Gasteiger partial charge in [-0.25, -0.2) is 0 Å². The van der Waals surface area contributed by atoms with Crippen LogP contribution in [0, 0.1) is 0 Å². The molecule has 1 N–H and O–H groups in total. The Bertz CT molecular complexity index is 580. The van der Waals surface area contributed by atoms with Crippen molar-refractivity contribution in [3.8, 4) is 0 Å². The zero-order valence-electron chi connectivity index (χ0n) is 9.60. The van der Waals surface area contributed by atoms with Crippen LogP contribution in [0.4, 0.5) is 0 Å². The van der Waals surface area contributed by atoms with Crippen LogP contribution < -0.4 is 0 Å². The van der Waals surface area contributed by atoms with E-state index in [1.54, 1.807) is 36.7 Å². The van der Waals surface area contributed by atoms with E-state index < -0.39 is 10.1 Å². The summed E-state index contributed by atoms with van der Waals surface area (Å²) >= 11 is 0. The minimum atomic E-state index is -4.00. The molecule has 1 aromatic carbocycles. The predicted octanol–water partition coefficient (Wildman–Crippen LogP) is 2.66. The Kier molecular flexibility index (Phi) is 5.23. The number of benzene rings is 1. The van der Waals surface area contributed by atoms with Crippen molar-refractivity contribution in [3.63, 3.8) is 0 Å². The lowest BCUT2D eigenvalue weighted by Gasteiger charge is -1.92. The van der Waals surface area contributed by atoms with E-state index in [0.29, 0.717) is 0 Å². The summed E-state index contributed by atoms with van der Waals surface area (Å²) < 4.78 is 29.2. The van der Waals surface area contributed by atoms with Gasteiger partial charge in [0.2, 0.25) is 0 Å². The van der Waals surface area contributed by atoms with Gasteiger partial charge in [0.15, 0.2) is 0 Å². The summed E-state index contributed by atoms with van der Waals surface area (Å²) in [5.41, 5.74) is 1.11. The molecule has 94 valence electrons. The summed E-state index contributed by atoms with van der Waals surface area (Å²) in [5, 5.41) is 0. The van der Waals surface area contributed by atoms with Gasteiger partial charge >= 0.3 is 0 Å². The lowest BCUT2D eigenvalue weighted by Crippen LogP contribution is -1.96. The Morgan fingerprint density at radius 3 is 1.94 bits per heavy atom. The Balaban J connectivity index is 0.000000184. The topological polar surface area (TPSA) is 67.3 Å². The number of nitrogens with zero attached hydrogens (tertiary/aromatic N) is 1. The van der Waals surface area contributed by atoms with Crippen LogP contribution >= 0.6 is 0 Å². The summed E-state index contributed by atoms with van der Waals surface area (Å²) in [6, 6.07) is 11.2. The van der Waals surface area contributed by atoms with E-state index in [2.05, 4.69) is 11.6 Å². The van der Waals surface area contributed by atoms with Gasteiger partial charge in [0, 0.05) is 12.4 Å². The molecule has 0 radical (unpaired) electrons. The molecule has 2 rings (SSSR count). The largest absolute Gasteiger partial charge is 0.294 e. The lowest BCUT2D eigenvalue weighted by atomic mass is 10.3. The van der Waals surface area contributed by atoms with Gasteiger partial charge in [0.25, 0.3) is 10.1 Å². The smallest absolute Gasteiger partial charge is 0.282 e. The maximum absolute atomic E-state index is 10.4. The molecular weight excluding hydrogens is 250 g/mol. The molecule has 4 nitrogen and oxygen atoms in total. The maximum Gasteiger partial charge on any atom is 0.294 e. The second-order valence-corrected chi connectivity index (χ2v) is 4.69. The van der Waals surface area contributed by atoms with E-state index >= 15 is 0 Å². The molecule has 18 heavy (non-hydrogen) atoms.